The van der Waals surface area contributed by atoms with Crippen LogP contribution in [0.5, 0.6) is 5.75 Å². The van der Waals surface area contributed by atoms with E-state index in [2.05, 4.69) is 10.1 Å². The summed E-state index contributed by atoms with van der Waals surface area (Å²) in [5, 5.41) is 12.1. The number of hydrogen-bond acceptors (Lipinski definition) is 3. The second-order valence-electron chi connectivity index (χ2n) is 4.79. The van der Waals surface area contributed by atoms with Crippen LogP contribution in [0, 0.1) is 0 Å². The third kappa shape index (κ3) is 3.41. The molecule has 2 N–H and O–H groups in total. The van der Waals surface area contributed by atoms with Gasteiger partial charge < -0.3 is 9.84 Å². The van der Waals surface area contributed by atoms with E-state index < -0.39 is 17.9 Å². The molecule has 20 heavy (non-hydrogen) atoms. The van der Waals surface area contributed by atoms with Crippen molar-refractivity contribution in [2.45, 2.75) is 37.7 Å². The number of carboxylic acid groups (broad SMARTS) is 1. The van der Waals surface area contributed by atoms with Crippen LogP contribution < -0.4 is 10.1 Å². The molecule has 0 amide bonds. The molecule has 7 heteroatoms. The SMILES string of the molecule is O=C(O)C1(NCc2ccc(OC(F)(F)F)cc2)CCC1. The van der Waals surface area contributed by atoms with Crippen LogP contribution in [0.3, 0.4) is 0 Å². The quantitative estimate of drug-likeness (QED) is 0.875. The number of nitrogens with one attached hydrogen (secondary N) is 1. The molecule has 4 nitrogen and oxygen atoms in total. The lowest BCUT2D eigenvalue weighted by Gasteiger charge is -2.38. The minimum atomic E-state index is -4.71. The fraction of sp³-hybridized carbons (Fsp3) is 0.462. The zero-order chi connectivity index (χ0) is 14.8. The average molecular weight is 289 g/mol. The summed E-state index contributed by atoms with van der Waals surface area (Å²) in [5.41, 5.74) is -0.187. The third-order valence-electron chi connectivity index (χ3n) is 3.40. The monoisotopic (exact) mass is 289 g/mol. The van der Waals surface area contributed by atoms with Crippen molar-refractivity contribution in [3.63, 3.8) is 0 Å². The molecule has 1 aliphatic carbocycles. The highest BCUT2D eigenvalue weighted by atomic mass is 19.4. The molecule has 0 saturated heterocycles. The Balaban J connectivity index is 1.93. The van der Waals surface area contributed by atoms with Crippen LogP contribution in [0.1, 0.15) is 24.8 Å². The maximum absolute atomic E-state index is 12.0. The minimum absolute atomic E-state index is 0.290. The second kappa shape index (κ2) is 5.32. The number of carboxylic acids is 1. The number of benzene rings is 1. The molecule has 1 saturated carbocycles. The zero-order valence-corrected chi connectivity index (χ0v) is 10.5. The number of aliphatic carboxylic acids is 1. The number of hydrogen-bond donors (Lipinski definition) is 2. The molecule has 0 aromatic heterocycles. The topological polar surface area (TPSA) is 58.6 Å². The molecule has 1 aromatic rings. The van der Waals surface area contributed by atoms with E-state index in [0.29, 0.717) is 24.9 Å². The summed E-state index contributed by atoms with van der Waals surface area (Å²) in [6.07, 6.45) is -2.72. The molecular weight excluding hydrogens is 275 g/mol. The standard InChI is InChI=1S/C13H14F3NO3/c14-13(15,16)20-10-4-2-9(3-5-10)8-17-12(11(18)19)6-1-7-12/h2-5,17H,1,6-8H2,(H,18,19). The van der Waals surface area contributed by atoms with Crippen molar-refractivity contribution in [1.82, 2.24) is 5.32 Å². The van der Waals surface area contributed by atoms with Gasteiger partial charge >= 0.3 is 12.3 Å². The Morgan fingerprint density at radius 2 is 1.90 bits per heavy atom. The summed E-state index contributed by atoms with van der Waals surface area (Å²) >= 11 is 0. The van der Waals surface area contributed by atoms with Gasteiger partial charge in [0.25, 0.3) is 0 Å². The molecular formula is C13H14F3NO3. The van der Waals surface area contributed by atoms with Crippen molar-refractivity contribution >= 4 is 5.97 Å². The first kappa shape index (κ1) is 14.6. The van der Waals surface area contributed by atoms with Crippen molar-refractivity contribution in [2.24, 2.45) is 0 Å². The Morgan fingerprint density at radius 1 is 1.30 bits per heavy atom. The van der Waals surface area contributed by atoms with Gasteiger partial charge in [0.05, 0.1) is 0 Å². The molecule has 2 rings (SSSR count). The first-order chi connectivity index (χ1) is 9.31. The molecule has 0 heterocycles. The number of alkyl halides is 3. The molecule has 0 unspecified atom stereocenters. The van der Waals surface area contributed by atoms with E-state index in [1.807, 2.05) is 0 Å². The van der Waals surface area contributed by atoms with E-state index in [1.165, 1.54) is 24.3 Å². The van der Waals surface area contributed by atoms with E-state index in [-0.39, 0.29) is 5.75 Å². The molecule has 1 aromatic carbocycles. The van der Waals surface area contributed by atoms with Gasteiger partial charge in [-0.3, -0.25) is 10.1 Å². The number of halogens is 3. The Hall–Kier alpha value is -1.76. The van der Waals surface area contributed by atoms with Crippen LogP contribution in [0.15, 0.2) is 24.3 Å². The van der Waals surface area contributed by atoms with Gasteiger partial charge in [-0.25, -0.2) is 0 Å². The van der Waals surface area contributed by atoms with E-state index in [9.17, 15) is 18.0 Å². The summed E-state index contributed by atoms with van der Waals surface area (Å²) in [5.74, 6) is -1.18. The van der Waals surface area contributed by atoms with Crippen LogP contribution >= 0.6 is 0 Å². The van der Waals surface area contributed by atoms with E-state index in [1.54, 1.807) is 0 Å². The number of carbonyl (C=O) groups is 1. The highest BCUT2D eigenvalue weighted by molar-refractivity contribution is 5.79. The molecule has 0 aliphatic heterocycles. The molecule has 0 radical (unpaired) electrons. The van der Waals surface area contributed by atoms with Gasteiger partial charge in [0.2, 0.25) is 0 Å². The van der Waals surface area contributed by atoms with Crippen molar-refractivity contribution < 1.29 is 27.8 Å². The van der Waals surface area contributed by atoms with E-state index in [0.717, 1.165) is 6.42 Å². The van der Waals surface area contributed by atoms with Crippen LogP contribution in [0.2, 0.25) is 0 Å². The summed E-state index contributed by atoms with van der Waals surface area (Å²) < 4.78 is 39.7. The van der Waals surface area contributed by atoms with Crippen LogP contribution in [-0.4, -0.2) is 23.0 Å². The number of rotatable bonds is 5. The highest BCUT2D eigenvalue weighted by Crippen LogP contribution is 2.32. The van der Waals surface area contributed by atoms with Crippen LogP contribution in [0.25, 0.3) is 0 Å². The lowest BCUT2D eigenvalue weighted by molar-refractivity contribution is -0.274. The van der Waals surface area contributed by atoms with Gasteiger partial charge in [0, 0.05) is 6.54 Å². The van der Waals surface area contributed by atoms with Crippen molar-refractivity contribution in [1.29, 1.82) is 0 Å². The number of ether oxygens (including phenoxy) is 1. The largest absolute Gasteiger partial charge is 0.573 e. The normalized spacial score (nSPS) is 17.4. The molecule has 0 bridgehead atoms. The maximum Gasteiger partial charge on any atom is 0.573 e. The average Bonchev–Trinajstić information content (AvgIpc) is 2.27. The lowest BCUT2D eigenvalue weighted by atomic mass is 9.76. The molecule has 110 valence electrons. The van der Waals surface area contributed by atoms with Gasteiger partial charge in [-0.15, -0.1) is 13.2 Å². The Morgan fingerprint density at radius 3 is 2.30 bits per heavy atom. The summed E-state index contributed by atoms with van der Waals surface area (Å²) in [6, 6.07) is 5.36. The minimum Gasteiger partial charge on any atom is -0.480 e. The predicted octanol–water partition coefficient (Wildman–Crippen LogP) is 2.68. The van der Waals surface area contributed by atoms with Gasteiger partial charge in [0.1, 0.15) is 11.3 Å². The molecule has 0 spiro atoms. The summed E-state index contributed by atoms with van der Waals surface area (Å²) in [7, 11) is 0. The van der Waals surface area contributed by atoms with Crippen LogP contribution in [-0.2, 0) is 11.3 Å². The Kier molecular flexibility index (Phi) is 3.89. The third-order valence-corrected chi connectivity index (χ3v) is 3.40. The van der Waals surface area contributed by atoms with E-state index in [4.69, 9.17) is 5.11 Å². The first-order valence-corrected chi connectivity index (χ1v) is 6.14. The van der Waals surface area contributed by atoms with Gasteiger partial charge in [-0.05, 0) is 37.0 Å². The fourth-order valence-electron chi connectivity index (χ4n) is 2.08. The second-order valence-corrected chi connectivity index (χ2v) is 4.79. The van der Waals surface area contributed by atoms with Crippen LogP contribution in [0.4, 0.5) is 13.2 Å². The van der Waals surface area contributed by atoms with Crippen molar-refractivity contribution in [3.05, 3.63) is 29.8 Å². The summed E-state index contributed by atoms with van der Waals surface area (Å²) in [4.78, 5) is 11.1. The highest BCUT2D eigenvalue weighted by Gasteiger charge is 2.43. The van der Waals surface area contributed by atoms with Crippen molar-refractivity contribution in [2.75, 3.05) is 0 Å². The Labute approximate surface area is 113 Å². The van der Waals surface area contributed by atoms with Gasteiger partial charge in [-0.1, -0.05) is 12.1 Å². The maximum atomic E-state index is 12.0. The fourth-order valence-corrected chi connectivity index (χ4v) is 2.08. The Bertz CT molecular complexity index is 481. The lowest BCUT2D eigenvalue weighted by Crippen LogP contribution is -2.56. The molecule has 1 fully saturated rings. The first-order valence-electron chi connectivity index (χ1n) is 6.14. The van der Waals surface area contributed by atoms with Gasteiger partial charge in [-0.2, -0.15) is 0 Å². The molecule has 0 atom stereocenters. The van der Waals surface area contributed by atoms with Crippen molar-refractivity contribution in [3.8, 4) is 5.75 Å². The smallest absolute Gasteiger partial charge is 0.480 e. The predicted molar refractivity (Wildman–Crippen MR) is 64.2 cm³/mol. The summed E-state index contributed by atoms with van der Waals surface area (Å²) in [6.45, 7) is 0.290. The van der Waals surface area contributed by atoms with Gasteiger partial charge in [0.15, 0.2) is 0 Å². The molecule has 1 aliphatic rings. The zero-order valence-electron chi connectivity index (χ0n) is 10.5. The van der Waals surface area contributed by atoms with E-state index >= 15 is 0 Å².